The SMILES string of the molecule is ClCCl.ClCc1cncc(Br)c1. The van der Waals surface area contributed by atoms with E-state index >= 15 is 0 Å². The lowest BCUT2D eigenvalue weighted by Crippen LogP contribution is -1.78. The molecule has 0 fully saturated rings. The molecule has 0 atom stereocenters. The number of hydrogen-bond donors (Lipinski definition) is 0. The number of halogens is 4. The summed E-state index contributed by atoms with van der Waals surface area (Å²) >= 11 is 18.3. The van der Waals surface area contributed by atoms with Gasteiger partial charge in [0, 0.05) is 22.7 Å². The Balaban J connectivity index is 0.000000354. The highest BCUT2D eigenvalue weighted by atomic mass is 79.9. The van der Waals surface area contributed by atoms with Crippen LogP contribution in [0.15, 0.2) is 22.9 Å². The summed E-state index contributed by atoms with van der Waals surface area (Å²) in [6.07, 6.45) is 3.48. The second-order valence-electron chi connectivity index (χ2n) is 1.75. The van der Waals surface area contributed by atoms with Crippen molar-refractivity contribution >= 4 is 50.7 Å². The molecule has 1 rings (SSSR count). The van der Waals surface area contributed by atoms with Crippen molar-refractivity contribution in [3.63, 3.8) is 0 Å². The van der Waals surface area contributed by atoms with Crippen LogP contribution >= 0.6 is 50.7 Å². The zero-order valence-electron chi connectivity index (χ0n) is 6.11. The third-order valence-corrected chi connectivity index (χ3v) is 1.66. The minimum Gasteiger partial charge on any atom is -0.263 e. The lowest BCUT2D eigenvalue weighted by molar-refractivity contribution is 1.23. The van der Waals surface area contributed by atoms with Gasteiger partial charge in [-0.25, -0.2) is 0 Å². The van der Waals surface area contributed by atoms with Gasteiger partial charge in [-0.15, -0.1) is 34.8 Å². The van der Waals surface area contributed by atoms with Crippen molar-refractivity contribution in [2.75, 3.05) is 5.34 Å². The van der Waals surface area contributed by atoms with Crippen LogP contribution in [0, 0.1) is 0 Å². The first-order valence-electron chi connectivity index (χ1n) is 3.02. The average Bonchev–Trinajstić information content (AvgIpc) is 2.06. The second kappa shape index (κ2) is 8.11. The fourth-order valence-electron chi connectivity index (χ4n) is 0.529. The van der Waals surface area contributed by atoms with E-state index in [0.717, 1.165) is 10.0 Å². The summed E-state index contributed by atoms with van der Waals surface area (Å²) in [6.45, 7) is 0. The van der Waals surface area contributed by atoms with Crippen LogP contribution in [0.4, 0.5) is 0 Å². The predicted molar refractivity (Wildman–Crippen MR) is 58.1 cm³/mol. The van der Waals surface area contributed by atoms with Crippen LogP contribution in [-0.4, -0.2) is 10.3 Å². The van der Waals surface area contributed by atoms with Crippen molar-refractivity contribution < 1.29 is 0 Å². The molecule has 0 saturated carbocycles. The van der Waals surface area contributed by atoms with Gasteiger partial charge in [-0.3, -0.25) is 4.98 Å². The van der Waals surface area contributed by atoms with Crippen LogP contribution in [0.3, 0.4) is 0 Å². The molecule has 0 aliphatic rings. The summed E-state index contributed by atoms with van der Waals surface area (Å²) in [5.74, 6) is 0.520. The summed E-state index contributed by atoms with van der Waals surface area (Å²) in [5, 5.41) is 0.194. The molecule has 0 spiro atoms. The van der Waals surface area contributed by atoms with E-state index in [0.29, 0.717) is 5.88 Å². The first-order valence-corrected chi connectivity index (χ1v) is 5.41. The van der Waals surface area contributed by atoms with Gasteiger partial charge in [-0.2, -0.15) is 0 Å². The second-order valence-corrected chi connectivity index (χ2v) is 3.74. The number of rotatable bonds is 1. The third-order valence-electron chi connectivity index (χ3n) is 0.916. The Labute approximate surface area is 95.2 Å². The highest BCUT2D eigenvalue weighted by Crippen LogP contribution is 2.10. The van der Waals surface area contributed by atoms with E-state index in [1.165, 1.54) is 0 Å². The number of hydrogen-bond acceptors (Lipinski definition) is 1. The Hall–Kier alpha value is 0.500. The Morgan fingerprint density at radius 2 is 1.83 bits per heavy atom. The molecule has 12 heavy (non-hydrogen) atoms. The first-order chi connectivity index (χ1) is 5.74. The molecule has 0 aromatic carbocycles. The molecule has 0 bridgehead atoms. The molecule has 0 N–H and O–H groups in total. The fourth-order valence-corrected chi connectivity index (χ4v) is 1.09. The van der Waals surface area contributed by atoms with Gasteiger partial charge in [0.05, 0.1) is 5.34 Å². The van der Waals surface area contributed by atoms with Gasteiger partial charge in [0.15, 0.2) is 0 Å². The van der Waals surface area contributed by atoms with Gasteiger partial charge in [-0.05, 0) is 27.6 Å². The Kier molecular flexibility index (Phi) is 8.45. The summed E-state index contributed by atoms with van der Waals surface area (Å²) in [5.41, 5.74) is 1.03. The van der Waals surface area contributed by atoms with Crippen molar-refractivity contribution in [3.8, 4) is 0 Å². The number of nitrogens with zero attached hydrogens (tertiary/aromatic N) is 1. The zero-order valence-corrected chi connectivity index (χ0v) is 9.96. The smallest absolute Gasteiger partial charge is 0.0967 e. The van der Waals surface area contributed by atoms with Crippen molar-refractivity contribution in [2.24, 2.45) is 0 Å². The standard InChI is InChI=1S/C6H5BrClN.CH2Cl2/c7-6-1-5(2-8)3-9-4-6;2-1-3/h1,3-4H,2H2;1H2. The van der Waals surface area contributed by atoms with Crippen LogP contribution in [-0.2, 0) is 5.88 Å². The van der Waals surface area contributed by atoms with E-state index in [2.05, 4.69) is 20.9 Å². The van der Waals surface area contributed by atoms with Crippen LogP contribution < -0.4 is 0 Å². The summed E-state index contributed by atoms with van der Waals surface area (Å²) in [7, 11) is 0. The van der Waals surface area contributed by atoms with Gasteiger partial charge >= 0.3 is 0 Å². The molecule has 0 amide bonds. The monoisotopic (exact) mass is 289 g/mol. The third kappa shape index (κ3) is 6.06. The van der Waals surface area contributed by atoms with Crippen LogP contribution in [0.1, 0.15) is 5.56 Å². The summed E-state index contributed by atoms with van der Waals surface area (Å²) in [4.78, 5) is 3.92. The fraction of sp³-hybridized carbons (Fsp3) is 0.286. The minimum atomic E-state index is 0.194. The predicted octanol–water partition coefficient (Wildman–Crippen LogP) is 4.00. The van der Waals surface area contributed by atoms with E-state index in [-0.39, 0.29) is 5.34 Å². The van der Waals surface area contributed by atoms with Gasteiger partial charge in [0.2, 0.25) is 0 Å². The van der Waals surface area contributed by atoms with Crippen LogP contribution in [0.5, 0.6) is 0 Å². The number of aromatic nitrogens is 1. The van der Waals surface area contributed by atoms with Crippen LogP contribution in [0.2, 0.25) is 0 Å². The van der Waals surface area contributed by atoms with Crippen LogP contribution in [0.25, 0.3) is 0 Å². The summed E-state index contributed by atoms with van der Waals surface area (Å²) in [6, 6.07) is 1.94. The van der Waals surface area contributed by atoms with E-state index < -0.39 is 0 Å². The van der Waals surface area contributed by atoms with Gasteiger partial charge in [-0.1, -0.05) is 0 Å². The van der Waals surface area contributed by atoms with Crippen molar-refractivity contribution in [1.29, 1.82) is 0 Å². The largest absolute Gasteiger partial charge is 0.263 e. The van der Waals surface area contributed by atoms with Crippen molar-refractivity contribution in [3.05, 3.63) is 28.5 Å². The molecular weight excluding hydrogens is 284 g/mol. The molecule has 68 valence electrons. The van der Waals surface area contributed by atoms with Crippen molar-refractivity contribution in [2.45, 2.75) is 5.88 Å². The normalized spacial score (nSPS) is 8.67. The quantitative estimate of drug-likeness (QED) is 0.713. The van der Waals surface area contributed by atoms with Gasteiger partial charge in [0.25, 0.3) is 0 Å². The van der Waals surface area contributed by atoms with Gasteiger partial charge in [0.1, 0.15) is 0 Å². The molecule has 0 saturated heterocycles. The summed E-state index contributed by atoms with van der Waals surface area (Å²) < 4.78 is 0.973. The maximum atomic E-state index is 5.54. The molecule has 1 heterocycles. The molecule has 0 aliphatic carbocycles. The van der Waals surface area contributed by atoms with E-state index in [4.69, 9.17) is 34.8 Å². The minimum absolute atomic E-state index is 0.194. The maximum Gasteiger partial charge on any atom is 0.0967 e. The molecule has 5 heteroatoms. The molecule has 0 unspecified atom stereocenters. The molecule has 1 nitrogen and oxygen atoms in total. The number of alkyl halides is 3. The molecule has 0 aliphatic heterocycles. The lowest BCUT2D eigenvalue weighted by Gasteiger charge is -1.92. The number of pyridine rings is 1. The molecule has 1 aromatic heterocycles. The topological polar surface area (TPSA) is 12.9 Å². The Morgan fingerprint density at radius 3 is 2.17 bits per heavy atom. The van der Waals surface area contributed by atoms with E-state index in [1.54, 1.807) is 12.4 Å². The Bertz CT molecular complexity index is 220. The van der Waals surface area contributed by atoms with E-state index in [1.807, 2.05) is 6.07 Å². The molecular formula is C7H7BrCl3N. The first kappa shape index (κ1) is 12.5. The van der Waals surface area contributed by atoms with Crippen molar-refractivity contribution in [1.82, 2.24) is 4.98 Å². The highest BCUT2D eigenvalue weighted by Gasteiger charge is 1.89. The van der Waals surface area contributed by atoms with Gasteiger partial charge < -0.3 is 0 Å². The highest BCUT2D eigenvalue weighted by molar-refractivity contribution is 9.10. The zero-order chi connectivity index (χ0) is 9.40. The maximum absolute atomic E-state index is 5.54. The lowest BCUT2D eigenvalue weighted by atomic mass is 10.3. The molecule has 1 aromatic rings. The molecule has 0 radical (unpaired) electrons. The average molecular weight is 291 g/mol. The Morgan fingerprint density at radius 1 is 1.25 bits per heavy atom. The van der Waals surface area contributed by atoms with E-state index in [9.17, 15) is 0 Å².